The number of carbonyl (C=O) groups is 2. The molecular formula is C22H24O5. The van der Waals surface area contributed by atoms with Crippen molar-refractivity contribution in [2.45, 2.75) is 31.3 Å². The van der Waals surface area contributed by atoms with Crippen LogP contribution in [-0.2, 0) is 19.9 Å². The number of esters is 1. The Morgan fingerprint density at radius 2 is 1.81 bits per heavy atom. The van der Waals surface area contributed by atoms with E-state index in [2.05, 4.69) is 0 Å². The molecule has 1 fully saturated rings. The molecule has 0 bridgehead atoms. The second kappa shape index (κ2) is 7.92. The summed E-state index contributed by atoms with van der Waals surface area (Å²) in [5.74, 6) is -1.22. The Morgan fingerprint density at radius 1 is 1.15 bits per heavy atom. The molecule has 1 N–H and O–H groups in total. The van der Waals surface area contributed by atoms with Crippen LogP contribution in [0.25, 0.3) is 0 Å². The third kappa shape index (κ3) is 3.74. The number of carbonyl (C=O) groups excluding carboxylic acids is 2. The largest absolute Gasteiger partial charge is 0.497 e. The van der Waals surface area contributed by atoms with Crippen molar-refractivity contribution in [3.8, 4) is 5.75 Å². The van der Waals surface area contributed by atoms with Gasteiger partial charge in [-0.3, -0.25) is 9.59 Å². The predicted molar refractivity (Wildman–Crippen MR) is 100 cm³/mol. The van der Waals surface area contributed by atoms with Crippen LogP contribution >= 0.6 is 0 Å². The number of methoxy groups -OCH3 is 1. The highest BCUT2D eigenvalue weighted by molar-refractivity contribution is 5.87. The lowest BCUT2D eigenvalue weighted by Gasteiger charge is -2.43. The van der Waals surface area contributed by atoms with Crippen molar-refractivity contribution in [3.05, 3.63) is 65.7 Å². The summed E-state index contributed by atoms with van der Waals surface area (Å²) in [5.41, 5.74) is -0.251. The number of hydrogen-bond donors (Lipinski definition) is 1. The molecular weight excluding hydrogens is 344 g/mol. The third-order valence-corrected chi connectivity index (χ3v) is 5.19. The summed E-state index contributed by atoms with van der Waals surface area (Å²) in [5, 5.41) is 11.6. The fourth-order valence-electron chi connectivity index (χ4n) is 3.94. The van der Waals surface area contributed by atoms with Crippen LogP contribution in [0.5, 0.6) is 5.75 Å². The van der Waals surface area contributed by atoms with Gasteiger partial charge in [0, 0.05) is 18.8 Å². The van der Waals surface area contributed by atoms with Crippen LogP contribution < -0.4 is 4.74 Å². The molecule has 5 heteroatoms. The van der Waals surface area contributed by atoms with Gasteiger partial charge in [-0.05, 0) is 30.2 Å². The summed E-state index contributed by atoms with van der Waals surface area (Å²) >= 11 is 0. The molecule has 0 amide bonds. The second-order valence-electron chi connectivity index (χ2n) is 6.82. The first-order valence-electron chi connectivity index (χ1n) is 9.09. The van der Waals surface area contributed by atoms with Gasteiger partial charge in [0.15, 0.2) is 0 Å². The Labute approximate surface area is 158 Å². The lowest BCUT2D eigenvalue weighted by molar-refractivity contribution is -0.167. The SMILES string of the molecule is CCOC(=O)[C@H]1[C@H](c2ccc(OC)cc2)CC(=O)C[C@]1(O)c1ccccc1. The van der Waals surface area contributed by atoms with E-state index in [0.29, 0.717) is 11.3 Å². The van der Waals surface area contributed by atoms with Gasteiger partial charge >= 0.3 is 5.97 Å². The molecule has 2 aromatic rings. The second-order valence-corrected chi connectivity index (χ2v) is 6.82. The topological polar surface area (TPSA) is 72.8 Å². The highest BCUT2D eigenvalue weighted by Crippen LogP contribution is 2.48. The van der Waals surface area contributed by atoms with Gasteiger partial charge < -0.3 is 14.6 Å². The quantitative estimate of drug-likeness (QED) is 0.821. The van der Waals surface area contributed by atoms with E-state index in [-0.39, 0.29) is 25.2 Å². The molecule has 1 aliphatic rings. The molecule has 3 atom stereocenters. The summed E-state index contributed by atoms with van der Waals surface area (Å²) < 4.78 is 10.5. The van der Waals surface area contributed by atoms with E-state index in [1.54, 1.807) is 50.4 Å². The molecule has 0 aromatic heterocycles. The van der Waals surface area contributed by atoms with Crippen LogP contribution in [0.4, 0.5) is 0 Å². The molecule has 0 aliphatic heterocycles. The highest BCUT2D eigenvalue weighted by Gasteiger charge is 2.53. The Kier molecular flexibility index (Phi) is 5.61. The molecule has 142 valence electrons. The van der Waals surface area contributed by atoms with E-state index in [4.69, 9.17) is 9.47 Å². The van der Waals surface area contributed by atoms with Crippen LogP contribution in [0.2, 0.25) is 0 Å². The minimum atomic E-state index is -1.60. The molecule has 5 nitrogen and oxygen atoms in total. The number of rotatable bonds is 5. The van der Waals surface area contributed by atoms with Crippen LogP contribution in [0, 0.1) is 5.92 Å². The van der Waals surface area contributed by atoms with Gasteiger partial charge in [-0.1, -0.05) is 42.5 Å². The van der Waals surface area contributed by atoms with Crippen molar-refractivity contribution in [2.75, 3.05) is 13.7 Å². The summed E-state index contributed by atoms with van der Waals surface area (Å²) in [4.78, 5) is 25.4. The van der Waals surface area contributed by atoms with Gasteiger partial charge in [0.2, 0.25) is 0 Å². The first-order valence-corrected chi connectivity index (χ1v) is 9.09. The van der Waals surface area contributed by atoms with Crippen molar-refractivity contribution in [1.29, 1.82) is 0 Å². The predicted octanol–water partition coefficient (Wildman–Crippen LogP) is 3.21. The number of ketones is 1. The van der Waals surface area contributed by atoms with E-state index < -0.39 is 23.4 Å². The van der Waals surface area contributed by atoms with E-state index in [1.807, 2.05) is 18.2 Å². The fraction of sp³-hybridized carbons (Fsp3) is 0.364. The van der Waals surface area contributed by atoms with Gasteiger partial charge in [0.1, 0.15) is 17.1 Å². The molecule has 1 aliphatic carbocycles. The zero-order valence-corrected chi connectivity index (χ0v) is 15.6. The van der Waals surface area contributed by atoms with E-state index in [1.165, 1.54) is 0 Å². The molecule has 0 radical (unpaired) electrons. The van der Waals surface area contributed by atoms with Gasteiger partial charge in [-0.2, -0.15) is 0 Å². The Bertz CT molecular complexity index is 799. The lowest BCUT2D eigenvalue weighted by Crippen LogP contribution is -2.49. The summed E-state index contributed by atoms with van der Waals surface area (Å²) in [6.07, 6.45) is 0.0815. The first-order chi connectivity index (χ1) is 13.0. The average Bonchev–Trinajstić information content (AvgIpc) is 2.68. The number of hydrogen-bond acceptors (Lipinski definition) is 5. The monoisotopic (exact) mass is 368 g/mol. The maximum atomic E-state index is 12.9. The average molecular weight is 368 g/mol. The number of benzene rings is 2. The molecule has 2 aromatic carbocycles. The van der Waals surface area contributed by atoms with E-state index in [0.717, 1.165) is 5.56 Å². The highest BCUT2D eigenvalue weighted by atomic mass is 16.5. The van der Waals surface area contributed by atoms with Crippen LogP contribution in [-0.4, -0.2) is 30.6 Å². The van der Waals surface area contributed by atoms with Crippen LogP contribution in [0.15, 0.2) is 54.6 Å². The van der Waals surface area contributed by atoms with Gasteiger partial charge in [-0.25, -0.2) is 0 Å². The minimum Gasteiger partial charge on any atom is -0.497 e. The van der Waals surface area contributed by atoms with Crippen LogP contribution in [0.3, 0.4) is 0 Å². The fourth-order valence-corrected chi connectivity index (χ4v) is 3.94. The van der Waals surface area contributed by atoms with Crippen LogP contribution in [0.1, 0.15) is 36.8 Å². The molecule has 27 heavy (non-hydrogen) atoms. The molecule has 0 saturated heterocycles. The van der Waals surface area contributed by atoms with Gasteiger partial charge in [0.25, 0.3) is 0 Å². The van der Waals surface area contributed by atoms with E-state index in [9.17, 15) is 14.7 Å². The van der Waals surface area contributed by atoms with Crippen molar-refractivity contribution in [3.63, 3.8) is 0 Å². The van der Waals surface area contributed by atoms with Crippen molar-refractivity contribution < 1.29 is 24.2 Å². The smallest absolute Gasteiger partial charge is 0.312 e. The molecule has 0 spiro atoms. The lowest BCUT2D eigenvalue weighted by atomic mass is 9.63. The Balaban J connectivity index is 2.09. The summed E-state index contributed by atoms with van der Waals surface area (Å²) in [6.45, 7) is 1.94. The Morgan fingerprint density at radius 3 is 2.41 bits per heavy atom. The van der Waals surface area contributed by atoms with E-state index >= 15 is 0 Å². The third-order valence-electron chi connectivity index (χ3n) is 5.19. The van der Waals surface area contributed by atoms with Gasteiger partial charge in [0.05, 0.1) is 19.6 Å². The zero-order chi connectivity index (χ0) is 19.4. The van der Waals surface area contributed by atoms with Gasteiger partial charge in [-0.15, -0.1) is 0 Å². The van der Waals surface area contributed by atoms with Crippen molar-refractivity contribution in [1.82, 2.24) is 0 Å². The molecule has 1 saturated carbocycles. The standard InChI is InChI=1S/C22H24O5/c1-3-27-21(24)20-19(15-9-11-18(26-2)12-10-15)13-17(23)14-22(20,25)16-7-5-4-6-8-16/h4-12,19-20,25H,3,13-14H2,1-2H3/t19-,20+,22-/m0/s1. The first kappa shape index (κ1) is 19.1. The van der Waals surface area contributed by atoms with Crippen molar-refractivity contribution >= 4 is 11.8 Å². The molecule has 0 unspecified atom stereocenters. The maximum Gasteiger partial charge on any atom is 0.312 e. The van der Waals surface area contributed by atoms with Crippen molar-refractivity contribution in [2.24, 2.45) is 5.92 Å². The number of ether oxygens (including phenoxy) is 2. The Hall–Kier alpha value is -2.66. The zero-order valence-electron chi connectivity index (χ0n) is 15.6. The minimum absolute atomic E-state index is 0.0808. The summed E-state index contributed by atoms with van der Waals surface area (Å²) in [6, 6.07) is 16.1. The maximum absolute atomic E-state index is 12.9. The number of Topliss-reactive ketones (excluding diaryl/α,β-unsaturated/α-hetero) is 1. The summed E-state index contributed by atoms with van der Waals surface area (Å²) in [7, 11) is 1.58. The molecule has 3 rings (SSSR count). The molecule has 0 heterocycles. The normalized spacial score (nSPS) is 25.1. The number of aliphatic hydroxyl groups is 1.